The lowest BCUT2D eigenvalue weighted by Crippen LogP contribution is -2.17. The van der Waals surface area contributed by atoms with Crippen LogP contribution >= 0.6 is 0 Å². The highest BCUT2D eigenvalue weighted by Crippen LogP contribution is 2.30. The van der Waals surface area contributed by atoms with Crippen LogP contribution in [-0.4, -0.2) is 18.5 Å². The van der Waals surface area contributed by atoms with Crippen LogP contribution in [-0.2, 0) is 0 Å². The number of rotatable bonds is 2. The van der Waals surface area contributed by atoms with Gasteiger partial charge in [-0.1, -0.05) is 0 Å². The topological polar surface area (TPSA) is 38.7 Å². The first-order valence-corrected chi connectivity index (χ1v) is 3.34. The van der Waals surface area contributed by atoms with E-state index in [0.717, 1.165) is 6.07 Å². The van der Waals surface area contributed by atoms with E-state index in [-0.39, 0.29) is 0 Å². The predicted octanol–water partition coefficient (Wildman–Crippen LogP) is 2.30. The molecule has 0 bridgehead atoms. The second-order valence-electron chi connectivity index (χ2n) is 2.31. The zero-order valence-corrected chi connectivity index (χ0v) is 6.63. The number of benzene rings is 1. The van der Waals surface area contributed by atoms with Gasteiger partial charge in [-0.05, 0) is 0 Å². The zero-order chi connectivity index (χ0) is 13.3. The molecule has 0 atom stereocenters. The van der Waals surface area contributed by atoms with Gasteiger partial charge in [0.2, 0.25) is 0 Å². The molecule has 6 heteroatoms. The molecule has 0 aliphatic heterocycles. The van der Waals surface area contributed by atoms with Gasteiger partial charge in [-0.2, -0.15) is 0 Å². The molecule has 0 amide bonds. The van der Waals surface area contributed by atoms with E-state index in [4.69, 9.17) is 9.22 Å². The molecule has 0 unspecified atom stereocenters. The summed E-state index contributed by atoms with van der Waals surface area (Å²) in [5, 5.41) is 9.08. The van der Waals surface area contributed by atoms with E-state index in [1.807, 2.05) is 0 Å². The van der Waals surface area contributed by atoms with Gasteiger partial charge >= 0.3 is 6.36 Å². The average Bonchev–Trinajstić information content (AvgIpc) is 1.93. The quantitative estimate of drug-likeness (QED) is 0.815. The predicted molar refractivity (Wildman–Crippen MR) is 41.3 cm³/mol. The largest absolute Gasteiger partial charge is 0.573 e. The third-order valence-electron chi connectivity index (χ3n) is 1.22. The molecule has 0 radical (unpaired) electrons. The standard InChI is InChI=1S/C8H7F3O3/c1-13-6-2-5(12)3-7(4-6)14-8(9,10)11/h2-4,12H,1H3/i1D3. The molecule has 0 fully saturated rings. The summed E-state index contributed by atoms with van der Waals surface area (Å²) in [6.45, 7) is 0. The van der Waals surface area contributed by atoms with Crippen molar-refractivity contribution in [2.45, 2.75) is 6.36 Å². The Hall–Kier alpha value is -1.59. The fourth-order valence-electron chi connectivity index (χ4n) is 0.808. The molecule has 0 spiro atoms. The molecule has 3 nitrogen and oxygen atoms in total. The van der Waals surface area contributed by atoms with Gasteiger partial charge in [0, 0.05) is 18.2 Å². The number of phenolic OH excluding ortho intramolecular Hbond substituents is 1. The summed E-state index contributed by atoms with van der Waals surface area (Å²) in [4.78, 5) is 0. The van der Waals surface area contributed by atoms with Crippen molar-refractivity contribution in [2.75, 3.05) is 7.04 Å². The maximum Gasteiger partial charge on any atom is 0.573 e. The van der Waals surface area contributed by atoms with Crippen molar-refractivity contribution in [2.24, 2.45) is 0 Å². The van der Waals surface area contributed by atoms with Gasteiger partial charge in [0.15, 0.2) is 0 Å². The van der Waals surface area contributed by atoms with Crippen LogP contribution in [0.4, 0.5) is 13.2 Å². The van der Waals surface area contributed by atoms with Crippen molar-refractivity contribution in [1.82, 2.24) is 0 Å². The van der Waals surface area contributed by atoms with Crippen LogP contribution in [0.2, 0.25) is 0 Å². The molecule has 1 rings (SSSR count). The van der Waals surface area contributed by atoms with E-state index in [9.17, 15) is 13.2 Å². The van der Waals surface area contributed by atoms with Crippen molar-refractivity contribution in [3.8, 4) is 17.2 Å². The monoisotopic (exact) mass is 211 g/mol. The van der Waals surface area contributed by atoms with Crippen LogP contribution in [0.1, 0.15) is 4.11 Å². The highest BCUT2D eigenvalue weighted by atomic mass is 19.4. The summed E-state index contributed by atoms with van der Waals surface area (Å²) >= 11 is 0. The molecule has 0 aliphatic carbocycles. The van der Waals surface area contributed by atoms with E-state index < -0.39 is 30.6 Å². The molecule has 1 aromatic carbocycles. The molecule has 0 aliphatic rings. The number of methoxy groups -OCH3 is 1. The molecule has 14 heavy (non-hydrogen) atoms. The lowest BCUT2D eigenvalue weighted by Gasteiger charge is -2.10. The number of ether oxygens (including phenoxy) is 2. The van der Waals surface area contributed by atoms with Gasteiger partial charge in [-0.25, -0.2) is 0 Å². The van der Waals surface area contributed by atoms with Crippen molar-refractivity contribution in [3.05, 3.63) is 18.2 Å². The second-order valence-corrected chi connectivity index (χ2v) is 2.31. The van der Waals surface area contributed by atoms with Gasteiger partial charge in [0.25, 0.3) is 0 Å². The van der Waals surface area contributed by atoms with Crippen LogP contribution in [0.3, 0.4) is 0 Å². The van der Waals surface area contributed by atoms with Crippen LogP contribution in [0.5, 0.6) is 17.2 Å². The molecule has 0 heterocycles. The Morgan fingerprint density at radius 1 is 1.29 bits per heavy atom. The highest BCUT2D eigenvalue weighted by molar-refractivity contribution is 5.41. The Morgan fingerprint density at radius 3 is 2.50 bits per heavy atom. The first kappa shape index (κ1) is 6.80. The van der Waals surface area contributed by atoms with Crippen molar-refractivity contribution in [1.29, 1.82) is 0 Å². The fourth-order valence-corrected chi connectivity index (χ4v) is 0.808. The Labute approximate surface area is 81.9 Å². The number of hydrogen-bond acceptors (Lipinski definition) is 3. The minimum absolute atomic E-state index is 0.454. The van der Waals surface area contributed by atoms with Crippen molar-refractivity contribution < 1.29 is 31.9 Å². The first-order valence-electron chi connectivity index (χ1n) is 4.84. The lowest BCUT2D eigenvalue weighted by atomic mass is 10.3. The number of alkyl halides is 3. The van der Waals surface area contributed by atoms with Crippen molar-refractivity contribution in [3.63, 3.8) is 0 Å². The van der Waals surface area contributed by atoms with Crippen LogP contribution < -0.4 is 9.47 Å². The molecule has 0 saturated carbocycles. The van der Waals surface area contributed by atoms with E-state index in [1.54, 1.807) is 0 Å². The number of halogens is 3. The summed E-state index contributed by atoms with van der Waals surface area (Å²) in [6.07, 6.45) is -4.94. The smallest absolute Gasteiger partial charge is 0.508 e. The third kappa shape index (κ3) is 3.04. The minimum Gasteiger partial charge on any atom is -0.508 e. The van der Waals surface area contributed by atoms with Gasteiger partial charge < -0.3 is 14.6 Å². The maximum atomic E-state index is 11.9. The lowest BCUT2D eigenvalue weighted by molar-refractivity contribution is -0.274. The van der Waals surface area contributed by atoms with E-state index in [2.05, 4.69) is 9.47 Å². The van der Waals surface area contributed by atoms with Gasteiger partial charge in [-0.15, -0.1) is 13.2 Å². The number of aromatic hydroxyl groups is 1. The summed E-state index contributed by atoms with van der Waals surface area (Å²) < 4.78 is 63.8. The summed E-state index contributed by atoms with van der Waals surface area (Å²) in [7, 11) is -2.83. The van der Waals surface area contributed by atoms with Crippen LogP contribution in [0.15, 0.2) is 18.2 Å². The fraction of sp³-hybridized carbons (Fsp3) is 0.250. The van der Waals surface area contributed by atoms with Crippen LogP contribution in [0, 0.1) is 0 Å². The highest BCUT2D eigenvalue weighted by Gasteiger charge is 2.31. The van der Waals surface area contributed by atoms with E-state index in [1.165, 1.54) is 0 Å². The Bertz CT molecular complexity index is 369. The normalized spacial score (nSPS) is 15.2. The maximum absolute atomic E-state index is 11.9. The molecular weight excluding hydrogens is 201 g/mol. The zero-order valence-electron chi connectivity index (χ0n) is 9.63. The molecule has 1 N–H and O–H groups in total. The molecule has 0 saturated heterocycles. The summed E-state index contributed by atoms with van der Waals surface area (Å²) in [6, 6.07) is 2.25. The molecular formula is C8H7F3O3. The van der Waals surface area contributed by atoms with E-state index >= 15 is 0 Å². The first-order chi connectivity index (χ1) is 7.55. The van der Waals surface area contributed by atoms with Gasteiger partial charge in [0.05, 0.1) is 11.2 Å². The Morgan fingerprint density at radius 2 is 1.93 bits per heavy atom. The Balaban J connectivity index is 2.95. The number of hydrogen-bond donors (Lipinski definition) is 1. The average molecular weight is 211 g/mol. The molecule has 78 valence electrons. The molecule has 0 aromatic heterocycles. The number of phenols is 1. The Kier molecular flexibility index (Phi) is 1.77. The van der Waals surface area contributed by atoms with Crippen molar-refractivity contribution >= 4 is 0 Å². The van der Waals surface area contributed by atoms with E-state index in [0.29, 0.717) is 12.1 Å². The summed E-state index contributed by atoms with van der Waals surface area (Å²) in [5.41, 5.74) is 0. The third-order valence-corrected chi connectivity index (χ3v) is 1.22. The minimum atomic E-state index is -4.94. The van der Waals surface area contributed by atoms with Crippen LogP contribution in [0.25, 0.3) is 0 Å². The van der Waals surface area contributed by atoms with Gasteiger partial charge in [0.1, 0.15) is 17.2 Å². The summed E-state index contributed by atoms with van der Waals surface area (Å²) in [5.74, 6) is -1.83. The second kappa shape index (κ2) is 3.65. The van der Waals surface area contributed by atoms with Gasteiger partial charge in [-0.3, -0.25) is 0 Å². The molecule has 1 aromatic rings. The SMILES string of the molecule is [2H]C([2H])([2H])Oc1cc(O)cc(OC(F)(F)F)c1.